The maximum atomic E-state index is 10.5. The van der Waals surface area contributed by atoms with Gasteiger partial charge in [-0.3, -0.25) is 9.89 Å². The first-order valence-electron chi connectivity index (χ1n) is 11.1. The molecule has 3 fully saturated rings. The van der Waals surface area contributed by atoms with Gasteiger partial charge in [-0.2, -0.15) is 0 Å². The fraction of sp³-hybridized carbons (Fsp3) is 0.773. The van der Waals surface area contributed by atoms with Gasteiger partial charge in [0, 0.05) is 33.0 Å². The van der Waals surface area contributed by atoms with Crippen LogP contribution in [0.1, 0.15) is 57.8 Å². The van der Waals surface area contributed by atoms with Gasteiger partial charge in [0.25, 0.3) is 0 Å². The zero-order valence-corrected chi connectivity index (χ0v) is 20.5. The minimum Gasteiger partial charge on any atom is -0.378 e. The Kier molecular flexibility index (Phi) is 17.0. The normalized spacial score (nSPS) is 22.2. The number of nitrogens with one attached hydrogen (secondary N) is 2. The molecule has 3 aliphatic rings. The van der Waals surface area contributed by atoms with Crippen molar-refractivity contribution in [1.82, 2.24) is 10.4 Å². The molecule has 2 aliphatic carbocycles. The molecule has 3 rings (SSSR count). The summed E-state index contributed by atoms with van der Waals surface area (Å²) in [5.74, 6) is 0.700. The molecular formula is C22H41N5O4S. The number of aldehydes is 3. The van der Waals surface area contributed by atoms with E-state index >= 15 is 0 Å². The predicted molar refractivity (Wildman–Crippen MR) is 130 cm³/mol. The van der Waals surface area contributed by atoms with E-state index in [1.165, 1.54) is 45.6 Å². The molecule has 2 unspecified atom stereocenters. The maximum Gasteiger partial charge on any atom is 0.159 e. The highest BCUT2D eigenvalue weighted by atomic mass is 32.2. The van der Waals surface area contributed by atoms with E-state index in [1.807, 2.05) is 7.05 Å². The van der Waals surface area contributed by atoms with Gasteiger partial charge < -0.3 is 30.7 Å². The maximum absolute atomic E-state index is 10.5. The molecule has 0 aromatic carbocycles. The number of likely N-dealkylation sites (N-methyl/N-ethyl adjacent to an activating group) is 1. The molecule has 9 nitrogen and oxygen atoms in total. The third-order valence-corrected chi connectivity index (χ3v) is 6.55. The predicted octanol–water partition coefficient (Wildman–Crippen LogP) is 2.51. The van der Waals surface area contributed by atoms with Crippen LogP contribution in [0.4, 0.5) is 0 Å². The average molecular weight is 472 g/mol. The number of aliphatic imine (C=N–C) groups is 1. The summed E-state index contributed by atoms with van der Waals surface area (Å²) in [6, 6.07) is 0.225. The zero-order valence-electron chi connectivity index (χ0n) is 19.7. The van der Waals surface area contributed by atoms with Gasteiger partial charge in [0.2, 0.25) is 0 Å². The number of thioether (sulfide) groups is 1. The first kappa shape index (κ1) is 30.4. The molecule has 2 atom stereocenters. The second-order valence-electron chi connectivity index (χ2n) is 8.53. The Bertz CT molecular complexity index is 581. The van der Waals surface area contributed by atoms with Gasteiger partial charge in [0.15, 0.2) is 5.17 Å². The van der Waals surface area contributed by atoms with Gasteiger partial charge in [0.1, 0.15) is 18.9 Å². The van der Waals surface area contributed by atoms with Crippen LogP contribution < -0.4 is 11.2 Å². The van der Waals surface area contributed by atoms with Gasteiger partial charge >= 0.3 is 0 Å². The molecule has 0 aromatic heterocycles. The number of rotatable bonds is 7. The summed E-state index contributed by atoms with van der Waals surface area (Å²) in [4.78, 5) is 37.0. The van der Waals surface area contributed by atoms with Crippen molar-refractivity contribution in [2.45, 2.75) is 63.8 Å². The zero-order chi connectivity index (χ0) is 24.4. The lowest BCUT2D eigenvalue weighted by Gasteiger charge is -2.11. The van der Waals surface area contributed by atoms with Crippen molar-refractivity contribution in [3.05, 3.63) is 0 Å². The number of amidine groups is 1. The second-order valence-corrected chi connectivity index (χ2v) is 9.42. The molecule has 0 aromatic rings. The molecule has 1 heterocycles. The standard InChI is InChI=1S/C10H16O2.C8H13NO.C3H7N3S.CH5NO/c11-6-5-10(8-12)7-9-3-1-2-4-9;1-9-6-8(2-3-8)4-7(9)5-10;1-6-3(5)7-2-4;1-2-3/h6,8-10H,1-5,7H2;5,7H,2-4,6H2,1H3;2,4H,1H3,(H2,5,6);2-3H,1H3. The topological polar surface area (TPSA) is 149 Å². The molecule has 2 saturated carbocycles. The largest absolute Gasteiger partial charge is 0.378 e. The number of likely N-dealkylation sites (tertiary alicyclic amines) is 1. The summed E-state index contributed by atoms with van der Waals surface area (Å²) < 4.78 is 0. The van der Waals surface area contributed by atoms with E-state index in [1.54, 1.807) is 12.5 Å². The Balaban J connectivity index is 0.000000437. The fourth-order valence-corrected chi connectivity index (χ4v) is 4.35. The fourth-order valence-electron chi connectivity index (χ4n) is 4.12. The minimum atomic E-state index is -0.00870. The van der Waals surface area contributed by atoms with Crippen molar-refractivity contribution in [1.29, 1.82) is 5.41 Å². The SMILES string of the molecule is CN1CC2(CC2)CC1C=O.CN=C(N)SC=N.CNO.O=CCC(C=O)CC1CCCC1. The van der Waals surface area contributed by atoms with Crippen LogP contribution in [-0.4, -0.2) is 73.4 Å². The lowest BCUT2D eigenvalue weighted by Crippen LogP contribution is -2.25. The number of carbonyl (C=O) groups excluding carboxylic acids is 3. The molecule has 0 radical (unpaired) electrons. The number of hydroxylamine groups is 1. The second kappa shape index (κ2) is 17.9. The van der Waals surface area contributed by atoms with Crippen LogP contribution in [0.3, 0.4) is 0 Å². The van der Waals surface area contributed by atoms with E-state index in [-0.39, 0.29) is 12.0 Å². The van der Waals surface area contributed by atoms with Gasteiger partial charge in [0.05, 0.1) is 11.6 Å². The number of hydrogen-bond donors (Lipinski definition) is 4. The molecule has 1 spiro atoms. The lowest BCUT2D eigenvalue weighted by molar-refractivity contribution is -0.116. The smallest absolute Gasteiger partial charge is 0.159 e. The molecule has 1 saturated heterocycles. The van der Waals surface area contributed by atoms with Crippen LogP contribution in [0.5, 0.6) is 0 Å². The Labute approximate surface area is 196 Å². The minimum absolute atomic E-state index is 0.00870. The Morgan fingerprint density at radius 3 is 2.25 bits per heavy atom. The van der Waals surface area contributed by atoms with Crippen molar-refractivity contribution >= 4 is 41.3 Å². The number of nitrogens with two attached hydrogens (primary N) is 1. The number of hydrogen-bond acceptors (Lipinski definition) is 9. The summed E-state index contributed by atoms with van der Waals surface area (Å²) in [7, 11) is 5.07. The first-order valence-corrected chi connectivity index (χ1v) is 12.0. The highest BCUT2D eigenvalue weighted by Crippen LogP contribution is 2.53. The monoisotopic (exact) mass is 471 g/mol. The van der Waals surface area contributed by atoms with Gasteiger partial charge in [-0.1, -0.05) is 25.7 Å². The van der Waals surface area contributed by atoms with E-state index in [0.717, 1.165) is 55.6 Å². The van der Waals surface area contributed by atoms with Gasteiger partial charge in [-0.15, -0.1) is 0 Å². The average Bonchev–Trinajstić information content (AvgIpc) is 3.18. The highest BCUT2D eigenvalue weighted by molar-refractivity contribution is 8.24. The van der Waals surface area contributed by atoms with Gasteiger partial charge in [-0.05, 0) is 55.8 Å². The molecule has 10 heteroatoms. The number of nitrogens with zero attached hydrogens (tertiary/aromatic N) is 2. The molecule has 184 valence electrons. The van der Waals surface area contributed by atoms with E-state index in [0.29, 0.717) is 22.9 Å². The third kappa shape index (κ3) is 13.0. The van der Waals surface area contributed by atoms with Crippen molar-refractivity contribution < 1.29 is 19.6 Å². The van der Waals surface area contributed by atoms with Crippen molar-refractivity contribution in [2.75, 3.05) is 27.7 Å². The molecule has 0 amide bonds. The van der Waals surface area contributed by atoms with Crippen LogP contribution in [-0.2, 0) is 14.4 Å². The Hall–Kier alpha value is -1.62. The van der Waals surface area contributed by atoms with Crippen molar-refractivity contribution in [3.8, 4) is 0 Å². The van der Waals surface area contributed by atoms with Crippen LogP contribution in [0.15, 0.2) is 4.99 Å². The molecule has 1 aliphatic heterocycles. The summed E-state index contributed by atoms with van der Waals surface area (Å²) in [5, 5.41) is 14.3. The molecular weight excluding hydrogens is 430 g/mol. The highest BCUT2D eigenvalue weighted by Gasteiger charge is 2.50. The van der Waals surface area contributed by atoms with E-state index < -0.39 is 0 Å². The van der Waals surface area contributed by atoms with Crippen LogP contribution in [0, 0.1) is 22.7 Å². The molecule has 5 N–H and O–H groups in total. The van der Waals surface area contributed by atoms with E-state index in [9.17, 15) is 14.4 Å². The number of carbonyl (C=O) groups is 3. The van der Waals surface area contributed by atoms with Crippen LogP contribution in [0.2, 0.25) is 0 Å². The lowest BCUT2D eigenvalue weighted by atomic mass is 9.92. The molecule has 32 heavy (non-hydrogen) atoms. The van der Waals surface area contributed by atoms with Crippen LogP contribution in [0.25, 0.3) is 0 Å². The summed E-state index contributed by atoms with van der Waals surface area (Å²) in [6.07, 6.45) is 13.2. The summed E-state index contributed by atoms with van der Waals surface area (Å²) in [6.45, 7) is 1.15. The van der Waals surface area contributed by atoms with E-state index in [4.69, 9.17) is 16.4 Å². The van der Waals surface area contributed by atoms with Crippen LogP contribution >= 0.6 is 11.8 Å². The molecule has 0 bridgehead atoms. The van der Waals surface area contributed by atoms with Gasteiger partial charge in [-0.25, -0.2) is 5.48 Å². The Morgan fingerprint density at radius 1 is 1.34 bits per heavy atom. The quantitative estimate of drug-likeness (QED) is 0.191. The van der Waals surface area contributed by atoms with E-state index in [2.05, 4.69) is 9.89 Å². The summed E-state index contributed by atoms with van der Waals surface area (Å²) >= 11 is 1.10. The Morgan fingerprint density at radius 2 is 1.94 bits per heavy atom. The van der Waals surface area contributed by atoms with Crippen molar-refractivity contribution in [3.63, 3.8) is 0 Å². The summed E-state index contributed by atoms with van der Waals surface area (Å²) in [5.41, 5.74) is 8.62. The third-order valence-electron chi connectivity index (χ3n) is 6.01. The van der Waals surface area contributed by atoms with Crippen molar-refractivity contribution in [2.24, 2.45) is 28.0 Å². The first-order chi connectivity index (χ1) is 15.3.